The van der Waals surface area contributed by atoms with Crippen molar-refractivity contribution in [2.75, 3.05) is 0 Å². The molecule has 2 aliphatic rings. The monoisotopic (exact) mass is 196 g/mol. The number of allylic oxidation sites excluding steroid dienone is 2. The van der Waals surface area contributed by atoms with E-state index in [0.717, 1.165) is 11.8 Å². The van der Waals surface area contributed by atoms with Crippen molar-refractivity contribution < 1.29 is 12.4 Å². The molecule has 0 aliphatic heterocycles. The third-order valence-corrected chi connectivity index (χ3v) is 3.23. The summed E-state index contributed by atoms with van der Waals surface area (Å²) in [6.45, 7) is 2.19. The van der Waals surface area contributed by atoms with Crippen LogP contribution in [-0.2, 0) is 0 Å². The van der Waals surface area contributed by atoms with E-state index in [2.05, 4.69) is 19.1 Å². The van der Waals surface area contributed by atoms with Gasteiger partial charge in [-0.25, -0.2) is 0 Å². The zero-order valence-electron chi connectivity index (χ0n) is 7.93. The summed E-state index contributed by atoms with van der Waals surface area (Å²) in [6.07, 6.45) is 10.5. The Morgan fingerprint density at radius 1 is 1.25 bits per heavy atom. The molecule has 2 unspecified atom stereocenters. The second-order valence-corrected chi connectivity index (χ2v) is 4.28. The van der Waals surface area contributed by atoms with Gasteiger partial charge in [0, 0.05) is 0 Å². The normalized spacial score (nSPS) is 29.2. The average molecular weight is 197 g/mol. The largest absolute Gasteiger partial charge is 1.00 e. The van der Waals surface area contributed by atoms with Gasteiger partial charge in [0.25, 0.3) is 0 Å². The van der Waals surface area contributed by atoms with E-state index in [1.54, 1.807) is 0 Å². The summed E-state index contributed by atoms with van der Waals surface area (Å²) in [6, 6.07) is 0. The van der Waals surface area contributed by atoms with Crippen molar-refractivity contribution in [2.45, 2.75) is 37.2 Å². The van der Waals surface area contributed by atoms with Gasteiger partial charge in [-0.3, -0.25) is 0 Å². The molecule has 0 heterocycles. The van der Waals surface area contributed by atoms with Crippen molar-refractivity contribution in [3.05, 3.63) is 12.2 Å². The minimum atomic E-state index is 0. The molecule has 0 aromatic carbocycles. The van der Waals surface area contributed by atoms with Gasteiger partial charge >= 0.3 is 39.6 Å². The van der Waals surface area contributed by atoms with E-state index < -0.39 is 0 Å². The molecule has 2 heteroatoms. The molecule has 1 saturated carbocycles. The van der Waals surface area contributed by atoms with Gasteiger partial charge in [0.05, 0.1) is 0 Å². The van der Waals surface area contributed by atoms with Crippen LogP contribution in [0.2, 0.25) is 4.55 Å². The Labute approximate surface area is 95.0 Å². The van der Waals surface area contributed by atoms with Gasteiger partial charge in [0.15, 0.2) is 0 Å². The van der Waals surface area contributed by atoms with E-state index in [9.17, 15) is 0 Å². The minimum Gasteiger partial charge on any atom is -1.00 e. The summed E-state index contributed by atoms with van der Waals surface area (Å²) in [5, 5.41) is 0. The van der Waals surface area contributed by atoms with E-state index in [1.807, 2.05) is 21.7 Å². The summed E-state index contributed by atoms with van der Waals surface area (Å²) < 4.78 is 1.35. The molecule has 0 nitrogen and oxygen atoms in total. The van der Waals surface area contributed by atoms with Crippen molar-refractivity contribution >= 4 is 21.7 Å². The fourth-order valence-electron chi connectivity index (χ4n) is 1.72. The predicted octanol–water partition coefficient (Wildman–Crippen LogP) is -0.0403. The van der Waals surface area contributed by atoms with Crippen LogP contribution in [0.25, 0.3) is 0 Å². The van der Waals surface area contributed by atoms with E-state index in [1.165, 1.54) is 30.2 Å². The van der Waals surface area contributed by atoms with Crippen LogP contribution in [-0.4, -0.2) is 21.7 Å². The molecule has 66 valence electrons. The Kier molecular flexibility index (Phi) is 7.70. The number of rotatable bonds is 1. The van der Waals surface area contributed by atoms with Crippen LogP contribution in [0.15, 0.2) is 12.2 Å². The molecule has 2 atom stereocenters. The molecule has 2 bridgehead atoms. The molecular weight excluding hydrogens is 180 g/mol. The second-order valence-electron chi connectivity index (χ2n) is 3.57. The standard InChI is InChI=1S/C7H10.C3H7.ClH.Mg/c1-2-7-4-3-6(1)5-7;1-3-2;;/h1-2,6-7H,3-5H2;1,3H2,2H3;1H;/q;;;+1/p-1. The Balaban J connectivity index is 0.000000217. The van der Waals surface area contributed by atoms with Crippen LogP contribution in [0.5, 0.6) is 0 Å². The molecule has 1 fully saturated rings. The molecule has 0 spiro atoms. The van der Waals surface area contributed by atoms with Crippen molar-refractivity contribution in [1.29, 1.82) is 0 Å². The Hall–Kier alpha value is 0.796. The molecule has 0 amide bonds. The third kappa shape index (κ3) is 4.15. The number of hydrogen-bond donors (Lipinski definition) is 0. The van der Waals surface area contributed by atoms with E-state index >= 15 is 0 Å². The quantitative estimate of drug-likeness (QED) is 0.408. The summed E-state index contributed by atoms with van der Waals surface area (Å²) in [4.78, 5) is 0. The molecule has 0 N–H and O–H groups in total. The molecule has 0 saturated heterocycles. The van der Waals surface area contributed by atoms with Gasteiger partial charge in [-0.2, -0.15) is 0 Å². The topological polar surface area (TPSA) is 0 Å². The Morgan fingerprint density at radius 2 is 1.67 bits per heavy atom. The smallest absolute Gasteiger partial charge is 1.00 e. The zero-order chi connectivity index (χ0) is 8.10. The molecule has 2 rings (SSSR count). The van der Waals surface area contributed by atoms with Crippen LogP contribution >= 0.6 is 0 Å². The van der Waals surface area contributed by atoms with E-state index in [0.29, 0.717) is 0 Å². The SMILES string of the molecule is C1=CC2CCC1C2.CC[CH2][Mg+].[Cl-]. The van der Waals surface area contributed by atoms with E-state index in [-0.39, 0.29) is 12.4 Å². The van der Waals surface area contributed by atoms with Gasteiger partial charge in [-0.15, -0.1) is 0 Å². The molecule has 0 radical (unpaired) electrons. The molecule has 0 aromatic rings. The number of hydrogen-bond acceptors (Lipinski definition) is 0. The predicted molar refractivity (Wildman–Crippen MR) is 50.8 cm³/mol. The summed E-state index contributed by atoms with van der Waals surface area (Å²) in [7, 11) is 0. The maximum Gasteiger partial charge on any atom is -1.00 e. The van der Waals surface area contributed by atoms with Gasteiger partial charge in [0.1, 0.15) is 0 Å². The van der Waals surface area contributed by atoms with E-state index in [4.69, 9.17) is 0 Å². The van der Waals surface area contributed by atoms with Crippen LogP contribution in [0, 0.1) is 11.8 Å². The van der Waals surface area contributed by atoms with Crippen molar-refractivity contribution in [2.24, 2.45) is 11.8 Å². The fourth-order valence-corrected chi connectivity index (χ4v) is 1.72. The molecule has 2 aliphatic carbocycles. The summed E-state index contributed by atoms with van der Waals surface area (Å²) >= 11 is 2.02. The van der Waals surface area contributed by atoms with Gasteiger partial charge < -0.3 is 12.4 Å². The van der Waals surface area contributed by atoms with Gasteiger partial charge in [-0.05, 0) is 31.1 Å². The summed E-state index contributed by atoms with van der Waals surface area (Å²) in [5.41, 5.74) is 0. The van der Waals surface area contributed by atoms with Crippen LogP contribution in [0.4, 0.5) is 0 Å². The van der Waals surface area contributed by atoms with Crippen LogP contribution in [0.3, 0.4) is 0 Å². The molecule has 0 aromatic heterocycles. The zero-order valence-corrected chi connectivity index (χ0v) is 10.1. The summed E-state index contributed by atoms with van der Waals surface area (Å²) in [5.74, 6) is 1.98. The minimum absolute atomic E-state index is 0. The molecular formula is C10H17ClMg. The van der Waals surface area contributed by atoms with Crippen molar-refractivity contribution in [1.82, 2.24) is 0 Å². The first-order valence-corrected chi connectivity index (χ1v) is 5.84. The van der Waals surface area contributed by atoms with Crippen LogP contribution in [0.1, 0.15) is 32.6 Å². The fraction of sp³-hybridized carbons (Fsp3) is 0.800. The second kappa shape index (κ2) is 7.22. The number of fused-ring (bicyclic) bond motifs is 2. The first-order chi connectivity index (χ1) is 5.36. The average Bonchev–Trinajstić information content (AvgIpc) is 2.67. The number of halogens is 1. The Bertz CT molecular complexity index is 120. The van der Waals surface area contributed by atoms with Crippen molar-refractivity contribution in [3.8, 4) is 0 Å². The first kappa shape index (κ1) is 12.8. The Morgan fingerprint density at radius 3 is 1.75 bits per heavy atom. The first-order valence-electron chi connectivity index (χ1n) is 4.84. The maximum absolute atomic E-state index is 2.38. The van der Waals surface area contributed by atoms with Gasteiger partial charge in [0.2, 0.25) is 0 Å². The van der Waals surface area contributed by atoms with Crippen molar-refractivity contribution in [3.63, 3.8) is 0 Å². The molecule has 12 heavy (non-hydrogen) atoms. The maximum atomic E-state index is 2.38. The van der Waals surface area contributed by atoms with Crippen LogP contribution < -0.4 is 12.4 Å². The van der Waals surface area contributed by atoms with Gasteiger partial charge in [-0.1, -0.05) is 12.2 Å². The third-order valence-electron chi connectivity index (χ3n) is 2.52.